The van der Waals surface area contributed by atoms with Gasteiger partial charge in [-0.15, -0.1) is 0 Å². The summed E-state index contributed by atoms with van der Waals surface area (Å²) in [6.45, 7) is 5.68. The number of piperidine rings is 1. The van der Waals surface area contributed by atoms with E-state index in [0.29, 0.717) is 6.61 Å². The first kappa shape index (κ1) is 14.5. The quantitative estimate of drug-likeness (QED) is 0.892. The highest BCUT2D eigenvalue weighted by Crippen LogP contribution is 2.29. The molecule has 1 atom stereocenters. The smallest absolute Gasteiger partial charge is 0.253 e. The average Bonchev–Trinajstić information content (AvgIpc) is 2.53. The van der Waals surface area contributed by atoms with Crippen LogP contribution in [0.5, 0.6) is 0 Å². The summed E-state index contributed by atoms with van der Waals surface area (Å²) in [6, 6.07) is 8.09. The lowest BCUT2D eigenvalue weighted by atomic mass is 9.81. The van der Waals surface area contributed by atoms with E-state index < -0.39 is 6.10 Å². The molecular weight excluding hydrogens is 264 g/mol. The number of ether oxygens (including phenoxy) is 1. The number of amides is 1. The second-order valence-electron chi connectivity index (χ2n) is 6.48. The van der Waals surface area contributed by atoms with Crippen LogP contribution in [0.3, 0.4) is 0 Å². The van der Waals surface area contributed by atoms with Gasteiger partial charge in [0.25, 0.3) is 5.91 Å². The van der Waals surface area contributed by atoms with Crippen molar-refractivity contribution in [1.82, 2.24) is 10.6 Å². The summed E-state index contributed by atoms with van der Waals surface area (Å²) in [7, 11) is 0. The largest absolute Gasteiger partial charge is 0.363 e. The Balaban J connectivity index is 1.64. The molecule has 0 aromatic heterocycles. The van der Waals surface area contributed by atoms with Crippen molar-refractivity contribution in [1.29, 1.82) is 0 Å². The number of nitrogens with one attached hydrogen (secondary N) is 2. The number of hydrogen-bond donors (Lipinski definition) is 2. The van der Waals surface area contributed by atoms with Crippen LogP contribution in [0.15, 0.2) is 24.3 Å². The number of hydrogen-bond acceptors (Lipinski definition) is 3. The van der Waals surface area contributed by atoms with Crippen molar-refractivity contribution in [2.75, 3.05) is 26.2 Å². The third-order valence-corrected chi connectivity index (χ3v) is 4.73. The summed E-state index contributed by atoms with van der Waals surface area (Å²) in [5.41, 5.74) is 2.46. The van der Waals surface area contributed by atoms with Crippen molar-refractivity contribution in [3.8, 4) is 0 Å². The van der Waals surface area contributed by atoms with E-state index in [1.54, 1.807) is 0 Å². The Labute approximate surface area is 126 Å². The molecule has 2 N–H and O–H groups in total. The molecule has 1 amide bonds. The molecule has 2 heterocycles. The molecule has 2 aliphatic heterocycles. The van der Waals surface area contributed by atoms with E-state index in [1.165, 1.54) is 5.56 Å². The summed E-state index contributed by atoms with van der Waals surface area (Å²) in [4.78, 5) is 12.5. The molecule has 1 saturated heterocycles. The molecule has 1 fully saturated rings. The van der Waals surface area contributed by atoms with Gasteiger partial charge in [-0.1, -0.05) is 31.2 Å². The van der Waals surface area contributed by atoms with Crippen molar-refractivity contribution < 1.29 is 9.53 Å². The zero-order chi connectivity index (χ0) is 14.7. The van der Waals surface area contributed by atoms with Gasteiger partial charge in [-0.2, -0.15) is 0 Å². The maximum absolute atomic E-state index is 12.5. The van der Waals surface area contributed by atoms with Crippen LogP contribution in [0, 0.1) is 5.41 Å². The Kier molecular flexibility index (Phi) is 4.27. The highest BCUT2D eigenvalue weighted by atomic mass is 16.5. The zero-order valence-corrected chi connectivity index (χ0v) is 12.7. The third kappa shape index (κ3) is 3.27. The summed E-state index contributed by atoms with van der Waals surface area (Å²) < 4.78 is 5.71. The fourth-order valence-electron chi connectivity index (χ4n) is 3.21. The van der Waals surface area contributed by atoms with Gasteiger partial charge in [-0.05, 0) is 48.9 Å². The minimum Gasteiger partial charge on any atom is -0.363 e. The van der Waals surface area contributed by atoms with Gasteiger partial charge in [0, 0.05) is 6.54 Å². The highest BCUT2D eigenvalue weighted by molar-refractivity contribution is 5.82. The van der Waals surface area contributed by atoms with Gasteiger partial charge in [0.05, 0.1) is 6.61 Å². The Bertz CT molecular complexity index is 509. The Morgan fingerprint density at radius 3 is 2.95 bits per heavy atom. The molecule has 0 bridgehead atoms. The lowest BCUT2D eigenvalue weighted by Gasteiger charge is -2.35. The first-order valence-corrected chi connectivity index (χ1v) is 7.86. The third-order valence-electron chi connectivity index (χ3n) is 4.73. The molecule has 0 radical (unpaired) electrons. The van der Waals surface area contributed by atoms with Gasteiger partial charge in [0.2, 0.25) is 0 Å². The van der Waals surface area contributed by atoms with Crippen molar-refractivity contribution in [3.05, 3.63) is 35.4 Å². The van der Waals surface area contributed by atoms with Gasteiger partial charge in [0.15, 0.2) is 6.10 Å². The minimum atomic E-state index is -0.444. The predicted molar refractivity (Wildman–Crippen MR) is 82.1 cm³/mol. The molecule has 114 valence electrons. The SMILES string of the molecule is CC1(CNC(=O)C2OCCc3ccccc32)CCNCC1. The van der Waals surface area contributed by atoms with Gasteiger partial charge in [-0.3, -0.25) is 4.79 Å². The molecule has 0 spiro atoms. The summed E-state index contributed by atoms with van der Waals surface area (Å²) in [5.74, 6) is 0.00177. The zero-order valence-electron chi connectivity index (χ0n) is 12.7. The molecule has 2 aliphatic rings. The van der Waals surface area contributed by atoms with E-state index in [0.717, 1.165) is 44.5 Å². The monoisotopic (exact) mass is 288 g/mol. The number of carbonyl (C=O) groups excluding carboxylic acids is 1. The lowest BCUT2D eigenvalue weighted by molar-refractivity contribution is -0.134. The van der Waals surface area contributed by atoms with Crippen molar-refractivity contribution in [3.63, 3.8) is 0 Å². The van der Waals surface area contributed by atoms with Gasteiger partial charge < -0.3 is 15.4 Å². The molecular formula is C17H24N2O2. The molecule has 1 aromatic rings. The Morgan fingerprint density at radius 2 is 2.14 bits per heavy atom. The van der Waals surface area contributed by atoms with Crippen molar-refractivity contribution in [2.45, 2.75) is 32.3 Å². The van der Waals surface area contributed by atoms with Gasteiger partial charge >= 0.3 is 0 Å². The molecule has 4 nitrogen and oxygen atoms in total. The number of carbonyl (C=O) groups is 1. The molecule has 1 aromatic carbocycles. The summed E-state index contributed by atoms with van der Waals surface area (Å²) in [6.07, 6.45) is 2.66. The van der Waals surface area contributed by atoms with Crippen LogP contribution in [0.4, 0.5) is 0 Å². The highest BCUT2D eigenvalue weighted by Gasteiger charge is 2.31. The van der Waals surface area contributed by atoms with Crippen LogP contribution in [0.1, 0.15) is 37.0 Å². The Morgan fingerprint density at radius 1 is 1.38 bits per heavy atom. The second kappa shape index (κ2) is 6.16. The Hall–Kier alpha value is -1.39. The fraction of sp³-hybridized carbons (Fsp3) is 0.588. The van der Waals surface area contributed by atoms with Crippen LogP contribution in [0.25, 0.3) is 0 Å². The molecule has 0 saturated carbocycles. The first-order valence-electron chi connectivity index (χ1n) is 7.86. The van der Waals surface area contributed by atoms with E-state index in [2.05, 4.69) is 23.6 Å². The van der Waals surface area contributed by atoms with Gasteiger partial charge in [0.1, 0.15) is 0 Å². The molecule has 3 rings (SSSR count). The van der Waals surface area contributed by atoms with E-state index in [4.69, 9.17) is 4.74 Å². The van der Waals surface area contributed by atoms with Crippen LogP contribution in [0.2, 0.25) is 0 Å². The number of rotatable bonds is 3. The minimum absolute atomic E-state index is 0.00177. The molecule has 4 heteroatoms. The van der Waals surface area contributed by atoms with Crippen LogP contribution < -0.4 is 10.6 Å². The van der Waals surface area contributed by atoms with E-state index in [-0.39, 0.29) is 11.3 Å². The van der Waals surface area contributed by atoms with Crippen molar-refractivity contribution >= 4 is 5.91 Å². The van der Waals surface area contributed by atoms with E-state index in [1.807, 2.05) is 18.2 Å². The van der Waals surface area contributed by atoms with Crippen LogP contribution in [-0.2, 0) is 16.0 Å². The van der Waals surface area contributed by atoms with Gasteiger partial charge in [-0.25, -0.2) is 0 Å². The number of benzene rings is 1. The maximum atomic E-state index is 12.5. The second-order valence-corrected chi connectivity index (χ2v) is 6.48. The van der Waals surface area contributed by atoms with E-state index in [9.17, 15) is 4.79 Å². The normalized spacial score (nSPS) is 24.1. The first-order chi connectivity index (χ1) is 10.2. The fourth-order valence-corrected chi connectivity index (χ4v) is 3.21. The lowest BCUT2D eigenvalue weighted by Crippen LogP contribution is -2.44. The number of fused-ring (bicyclic) bond motifs is 1. The molecule has 1 unspecified atom stereocenters. The predicted octanol–water partition coefficient (Wildman–Crippen LogP) is 1.81. The van der Waals surface area contributed by atoms with Crippen LogP contribution >= 0.6 is 0 Å². The topological polar surface area (TPSA) is 50.4 Å². The summed E-state index contributed by atoms with van der Waals surface area (Å²) in [5, 5.41) is 6.48. The van der Waals surface area contributed by atoms with Crippen molar-refractivity contribution in [2.24, 2.45) is 5.41 Å². The molecule has 0 aliphatic carbocycles. The molecule has 21 heavy (non-hydrogen) atoms. The average molecular weight is 288 g/mol. The standard InChI is InChI=1S/C17H24N2O2/c1-17(7-9-18-10-8-17)12-19-16(20)15-14-5-3-2-4-13(14)6-11-21-15/h2-5,15,18H,6-12H2,1H3,(H,19,20). The van der Waals surface area contributed by atoms with E-state index >= 15 is 0 Å². The summed E-state index contributed by atoms with van der Waals surface area (Å²) >= 11 is 0. The van der Waals surface area contributed by atoms with Crippen LogP contribution in [-0.4, -0.2) is 32.1 Å². The maximum Gasteiger partial charge on any atom is 0.253 e.